The molecule has 0 amide bonds. The topological polar surface area (TPSA) is 17.1 Å². The second-order valence-corrected chi connectivity index (χ2v) is 4.18. The van der Waals surface area contributed by atoms with Gasteiger partial charge in [-0.2, -0.15) is 11.3 Å². The summed E-state index contributed by atoms with van der Waals surface area (Å²) in [5.41, 5.74) is 1.19. The highest BCUT2D eigenvalue weighted by atomic mass is 32.1. The van der Waals surface area contributed by atoms with Crippen molar-refractivity contribution in [2.45, 2.75) is 25.7 Å². The zero-order chi connectivity index (χ0) is 8.39. The molecule has 1 aliphatic carbocycles. The number of carbonyl (C=O) groups excluding carboxylic acids is 1. The lowest BCUT2D eigenvalue weighted by Crippen LogP contribution is -2.23. The highest BCUT2D eigenvalue weighted by Gasteiger charge is 2.24. The second kappa shape index (κ2) is 3.40. The first-order valence-electron chi connectivity index (χ1n) is 4.40. The van der Waals surface area contributed by atoms with E-state index in [0.717, 1.165) is 12.8 Å². The first kappa shape index (κ1) is 7.99. The van der Waals surface area contributed by atoms with Crippen LogP contribution in [-0.4, -0.2) is 5.78 Å². The summed E-state index contributed by atoms with van der Waals surface area (Å²) in [7, 11) is 0. The van der Waals surface area contributed by atoms with Gasteiger partial charge in [0.25, 0.3) is 0 Å². The van der Waals surface area contributed by atoms with Crippen molar-refractivity contribution in [1.29, 1.82) is 0 Å². The molecule has 0 radical (unpaired) electrons. The lowest BCUT2D eigenvalue weighted by Gasteiger charge is -2.23. The lowest BCUT2D eigenvalue weighted by molar-refractivity contribution is -0.124. The Bertz CT molecular complexity index is 259. The van der Waals surface area contributed by atoms with Crippen molar-refractivity contribution in [2.24, 2.45) is 5.92 Å². The van der Waals surface area contributed by atoms with Crippen LogP contribution in [0.2, 0.25) is 0 Å². The Morgan fingerprint density at radius 2 is 2.42 bits per heavy atom. The van der Waals surface area contributed by atoms with E-state index in [0.29, 0.717) is 18.1 Å². The maximum Gasteiger partial charge on any atom is 0.140 e. The summed E-state index contributed by atoms with van der Waals surface area (Å²) in [6.07, 6.45) is 4.17. The molecule has 1 saturated carbocycles. The van der Waals surface area contributed by atoms with Crippen molar-refractivity contribution in [3.05, 3.63) is 22.4 Å². The molecule has 1 aromatic rings. The standard InChI is InChI=1S/C10H12OS/c11-10(9-2-1-3-9)6-8-4-5-12-7-8/h4-5,7,9H,1-3,6H2. The number of Topliss-reactive ketones (excluding diaryl/α,β-unsaturated/α-hetero) is 1. The van der Waals surface area contributed by atoms with E-state index in [2.05, 4.69) is 5.38 Å². The molecule has 0 spiro atoms. The molecule has 1 heterocycles. The van der Waals surface area contributed by atoms with Crippen LogP contribution in [0.15, 0.2) is 16.8 Å². The maximum atomic E-state index is 11.5. The number of rotatable bonds is 3. The van der Waals surface area contributed by atoms with E-state index < -0.39 is 0 Å². The molecule has 1 fully saturated rings. The van der Waals surface area contributed by atoms with Gasteiger partial charge in [-0.05, 0) is 35.2 Å². The van der Waals surface area contributed by atoms with E-state index >= 15 is 0 Å². The summed E-state index contributed by atoms with van der Waals surface area (Å²) in [6, 6.07) is 2.04. The molecule has 0 saturated heterocycles. The van der Waals surface area contributed by atoms with Crippen LogP contribution in [-0.2, 0) is 11.2 Å². The smallest absolute Gasteiger partial charge is 0.140 e. The van der Waals surface area contributed by atoms with E-state index in [4.69, 9.17) is 0 Å². The van der Waals surface area contributed by atoms with E-state index in [1.807, 2.05) is 11.4 Å². The highest BCUT2D eigenvalue weighted by molar-refractivity contribution is 7.07. The van der Waals surface area contributed by atoms with Crippen LogP contribution in [0.25, 0.3) is 0 Å². The molecular formula is C10H12OS. The van der Waals surface area contributed by atoms with E-state index in [-0.39, 0.29) is 0 Å². The Balaban J connectivity index is 1.90. The number of carbonyl (C=O) groups is 1. The van der Waals surface area contributed by atoms with Gasteiger partial charge >= 0.3 is 0 Å². The van der Waals surface area contributed by atoms with Gasteiger partial charge in [-0.25, -0.2) is 0 Å². The Morgan fingerprint density at radius 1 is 1.58 bits per heavy atom. The summed E-state index contributed by atoms with van der Waals surface area (Å²) in [4.78, 5) is 11.5. The van der Waals surface area contributed by atoms with Gasteiger partial charge in [0.1, 0.15) is 5.78 Å². The molecule has 0 aliphatic heterocycles. The minimum absolute atomic E-state index is 0.393. The molecule has 0 aromatic carbocycles. The quantitative estimate of drug-likeness (QED) is 0.699. The summed E-state index contributed by atoms with van der Waals surface area (Å²) in [6.45, 7) is 0. The van der Waals surface area contributed by atoms with Gasteiger partial charge in [0.05, 0.1) is 0 Å². The third-order valence-electron chi connectivity index (χ3n) is 2.52. The third kappa shape index (κ3) is 1.58. The molecule has 2 heteroatoms. The van der Waals surface area contributed by atoms with E-state index in [1.165, 1.54) is 12.0 Å². The first-order chi connectivity index (χ1) is 5.86. The molecule has 1 nitrogen and oxygen atoms in total. The fourth-order valence-electron chi connectivity index (χ4n) is 1.47. The molecule has 1 aromatic heterocycles. The van der Waals surface area contributed by atoms with Crippen LogP contribution in [0.4, 0.5) is 0 Å². The van der Waals surface area contributed by atoms with Crippen LogP contribution in [0.1, 0.15) is 24.8 Å². The number of thiophene rings is 1. The lowest BCUT2D eigenvalue weighted by atomic mass is 9.80. The summed E-state index contributed by atoms with van der Waals surface area (Å²) in [5.74, 6) is 0.838. The van der Waals surface area contributed by atoms with Crippen molar-refractivity contribution in [3.63, 3.8) is 0 Å². The largest absolute Gasteiger partial charge is 0.299 e. The van der Waals surface area contributed by atoms with Gasteiger partial charge in [0, 0.05) is 12.3 Å². The van der Waals surface area contributed by atoms with Crippen molar-refractivity contribution in [1.82, 2.24) is 0 Å². The fourth-order valence-corrected chi connectivity index (χ4v) is 2.14. The van der Waals surface area contributed by atoms with Crippen molar-refractivity contribution >= 4 is 17.1 Å². The third-order valence-corrected chi connectivity index (χ3v) is 3.25. The number of ketones is 1. The Labute approximate surface area is 76.4 Å². The molecule has 0 N–H and O–H groups in total. The molecule has 64 valence electrons. The molecule has 1 aliphatic rings. The molecule has 0 atom stereocenters. The molecule has 12 heavy (non-hydrogen) atoms. The van der Waals surface area contributed by atoms with E-state index in [9.17, 15) is 4.79 Å². The van der Waals surface area contributed by atoms with Gasteiger partial charge in [-0.3, -0.25) is 4.79 Å². The number of hydrogen-bond donors (Lipinski definition) is 0. The van der Waals surface area contributed by atoms with Crippen molar-refractivity contribution in [3.8, 4) is 0 Å². The Morgan fingerprint density at radius 3 is 2.92 bits per heavy atom. The number of hydrogen-bond acceptors (Lipinski definition) is 2. The van der Waals surface area contributed by atoms with Crippen molar-refractivity contribution in [2.75, 3.05) is 0 Å². The summed E-state index contributed by atoms with van der Waals surface area (Å²) >= 11 is 1.67. The molecule has 0 unspecified atom stereocenters. The minimum Gasteiger partial charge on any atom is -0.299 e. The molecule has 2 rings (SSSR count). The molecular weight excluding hydrogens is 168 g/mol. The summed E-state index contributed by atoms with van der Waals surface area (Å²) in [5, 5.41) is 4.10. The highest BCUT2D eigenvalue weighted by Crippen LogP contribution is 2.28. The normalized spacial score (nSPS) is 17.3. The first-order valence-corrected chi connectivity index (χ1v) is 5.34. The second-order valence-electron chi connectivity index (χ2n) is 3.40. The SMILES string of the molecule is O=C(Cc1ccsc1)C1CCC1. The van der Waals surface area contributed by atoms with Gasteiger partial charge in [0.2, 0.25) is 0 Å². The van der Waals surface area contributed by atoms with Gasteiger partial charge in [-0.15, -0.1) is 0 Å². The van der Waals surface area contributed by atoms with Gasteiger partial charge < -0.3 is 0 Å². The van der Waals surface area contributed by atoms with Crippen LogP contribution < -0.4 is 0 Å². The Kier molecular flexibility index (Phi) is 2.26. The minimum atomic E-state index is 0.393. The monoisotopic (exact) mass is 180 g/mol. The maximum absolute atomic E-state index is 11.5. The average molecular weight is 180 g/mol. The fraction of sp³-hybridized carbons (Fsp3) is 0.500. The van der Waals surface area contributed by atoms with Crippen LogP contribution in [0, 0.1) is 5.92 Å². The zero-order valence-electron chi connectivity index (χ0n) is 6.95. The predicted molar refractivity (Wildman–Crippen MR) is 50.4 cm³/mol. The average Bonchev–Trinajstić information content (AvgIpc) is 2.34. The van der Waals surface area contributed by atoms with Crippen molar-refractivity contribution < 1.29 is 4.79 Å². The van der Waals surface area contributed by atoms with Gasteiger partial charge in [0.15, 0.2) is 0 Å². The zero-order valence-corrected chi connectivity index (χ0v) is 7.77. The van der Waals surface area contributed by atoms with Crippen LogP contribution in [0.5, 0.6) is 0 Å². The van der Waals surface area contributed by atoms with Crippen LogP contribution >= 0.6 is 11.3 Å². The molecule has 0 bridgehead atoms. The van der Waals surface area contributed by atoms with E-state index in [1.54, 1.807) is 11.3 Å². The van der Waals surface area contributed by atoms with Gasteiger partial charge in [-0.1, -0.05) is 6.42 Å². The summed E-state index contributed by atoms with van der Waals surface area (Å²) < 4.78 is 0. The Hall–Kier alpha value is -0.630. The van der Waals surface area contributed by atoms with Crippen LogP contribution in [0.3, 0.4) is 0 Å². The predicted octanol–water partition coefficient (Wildman–Crippen LogP) is 2.66.